The molecule has 1 nitrogen and oxygen atoms in total. The zero-order valence-electron chi connectivity index (χ0n) is 17.6. The van der Waals surface area contributed by atoms with E-state index in [-0.39, 0.29) is 0 Å². The van der Waals surface area contributed by atoms with Crippen LogP contribution in [0.25, 0.3) is 0 Å². The van der Waals surface area contributed by atoms with Crippen LogP contribution in [-0.2, 0) is 10.8 Å². The molecule has 1 aromatic rings. The summed E-state index contributed by atoms with van der Waals surface area (Å²) < 4.78 is 0. The van der Waals surface area contributed by atoms with Crippen LogP contribution in [0.15, 0.2) is 12.1 Å². The smallest absolute Gasteiger partial charge is 0.118 e. The summed E-state index contributed by atoms with van der Waals surface area (Å²) in [5.41, 5.74) is 5.34. The second kappa shape index (κ2) is 5.38. The van der Waals surface area contributed by atoms with Crippen LogP contribution in [0.4, 0.5) is 0 Å². The minimum atomic E-state index is 0.401. The van der Waals surface area contributed by atoms with Gasteiger partial charge in [-0.05, 0) is 153 Å². The Labute approximate surface area is 170 Å². The highest BCUT2D eigenvalue weighted by atomic mass is 16.3. The first-order chi connectivity index (χ1) is 13.5. The van der Waals surface area contributed by atoms with Gasteiger partial charge in [-0.25, -0.2) is 0 Å². The van der Waals surface area contributed by atoms with Crippen molar-refractivity contribution >= 4 is 0 Å². The molecule has 0 aliphatic heterocycles. The van der Waals surface area contributed by atoms with E-state index < -0.39 is 0 Å². The fourth-order valence-corrected chi connectivity index (χ4v) is 10.5. The van der Waals surface area contributed by atoms with Gasteiger partial charge >= 0.3 is 0 Å². The quantitative estimate of drug-likeness (QED) is 0.613. The van der Waals surface area contributed by atoms with E-state index in [1.807, 2.05) is 0 Å². The number of hydrogen-bond donors (Lipinski definition) is 1. The van der Waals surface area contributed by atoms with Crippen molar-refractivity contribution in [2.75, 3.05) is 0 Å². The molecule has 8 saturated carbocycles. The largest absolute Gasteiger partial charge is 0.508 e. The van der Waals surface area contributed by atoms with Crippen molar-refractivity contribution in [2.24, 2.45) is 35.5 Å². The van der Waals surface area contributed by atoms with Crippen LogP contribution >= 0.6 is 0 Å². The molecule has 0 radical (unpaired) electrons. The summed E-state index contributed by atoms with van der Waals surface area (Å²) in [5.74, 6) is 6.45. The summed E-state index contributed by atoms with van der Waals surface area (Å²) in [5, 5.41) is 10.8. The summed E-state index contributed by atoms with van der Waals surface area (Å²) in [6.45, 7) is 2.14. The van der Waals surface area contributed by atoms with E-state index >= 15 is 0 Å². The lowest BCUT2D eigenvalue weighted by Gasteiger charge is -2.61. The minimum Gasteiger partial charge on any atom is -0.508 e. The fourth-order valence-electron chi connectivity index (χ4n) is 10.5. The van der Waals surface area contributed by atoms with E-state index in [1.165, 1.54) is 77.0 Å². The van der Waals surface area contributed by atoms with Crippen molar-refractivity contribution in [3.05, 3.63) is 28.8 Å². The molecule has 0 spiro atoms. The third-order valence-electron chi connectivity index (χ3n) is 10.6. The summed E-state index contributed by atoms with van der Waals surface area (Å²) >= 11 is 0. The molecule has 1 aromatic carbocycles. The van der Waals surface area contributed by atoms with Crippen LogP contribution < -0.4 is 0 Å². The van der Waals surface area contributed by atoms with Gasteiger partial charge in [0.2, 0.25) is 0 Å². The van der Waals surface area contributed by atoms with Crippen LogP contribution in [0.5, 0.6) is 5.75 Å². The van der Waals surface area contributed by atoms with Gasteiger partial charge in [-0.3, -0.25) is 0 Å². The molecule has 0 saturated heterocycles. The molecule has 8 aliphatic carbocycles. The van der Waals surface area contributed by atoms with Crippen LogP contribution in [0.2, 0.25) is 0 Å². The first-order valence-electron chi connectivity index (χ1n) is 12.3. The number of hydrogen-bond acceptors (Lipinski definition) is 1. The molecule has 0 aromatic heterocycles. The van der Waals surface area contributed by atoms with Crippen molar-refractivity contribution in [2.45, 2.75) is 94.8 Å². The predicted octanol–water partition coefficient (Wildman–Crippen LogP) is 6.64. The summed E-state index contributed by atoms with van der Waals surface area (Å²) in [7, 11) is 0. The van der Waals surface area contributed by atoms with Gasteiger partial charge in [-0.15, -0.1) is 0 Å². The van der Waals surface area contributed by atoms with Gasteiger partial charge in [-0.2, -0.15) is 0 Å². The maximum absolute atomic E-state index is 10.8. The van der Waals surface area contributed by atoms with E-state index in [1.54, 1.807) is 11.1 Å². The standard InChI is InChI=1S/C27H36O/c1-16-2-23(26-10-17-3-18(11-26)5-19(4-17)12-26)24(9-25(16)28)27-13-20-6-21(14-27)8-22(7-20)15-27/h2,9,17-22,28H,3-8,10-15H2,1H3. The molecular weight excluding hydrogens is 340 g/mol. The third-order valence-corrected chi connectivity index (χ3v) is 10.6. The highest BCUT2D eigenvalue weighted by Crippen LogP contribution is 2.66. The lowest BCUT2D eigenvalue weighted by atomic mass is 9.44. The van der Waals surface area contributed by atoms with Crippen molar-refractivity contribution in [1.82, 2.24) is 0 Å². The van der Waals surface area contributed by atoms with Gasteiger partial charge in [0.05, 0.1) is 0 Å². The van der Waals surface area contributed by atoms with Crippen molar-refractivity contribution in [3.63, 3.8) is 0 Å². The Bertz CT molecular complexity index is 693. The zero-order valence-corrected chi connectivity index (χ0v) is 17.6. The normalized spacial score (nSPS) is 50.5. The van der Waals surface area contributed by atoms with E-state index in [0.29, 0.717) is 16.6 Å². The lowest BCUT2D eigenvalue weighted by molar-refractivity contribution is -0.0175. The van der Waals surface area contributed by atoms with Gasteiger partial charge < -0.3 is 5.11 Å². The van der Waals surface area contributed by atoms with E-state index in [4.69, 9.17) is 0 Å². The van der Waals surface area contributed by atoms with Crippen LogP contribution in [0.3, 0.4) is 0 Å². The minimum absolute atomic E-state index is 0.401. The monoisotopic (exact) mass is 376 g/mol. The Morgan fingerprint density at radius 3 is 1.29 bits per heavy atom. The topological polar surface area (TPSA) is 20.2 Å². The maximum atomic E-state index is 10.8. The molecular formula is C27H36O. The summed E-state index contributed by atoms with van der Waals surface area (Å²) in [6, 6.07) is 4.77. The Balaban J connectivity index is 1.40. The summed E-state index contributed by atoms with van der Waals surface area (Å²) in [6.07, 6.45) is 17.7. The van der Waals surface area contributed by atoms with Crippen LogP contribution in [0, 0.1) is 42.4 Å². The molecule has 0 atom stereocenters. The van der Waals surface area contributed by atoms with E-state index in [9.17, 15) is 5.11 Å². The molecule has 0 amide bonds. The molecule has 1 N–H and O–H groups in total. The SMILES string of the molecule is Cc1cc(C23CC4CC(CC(C4)C2)C3)c(C23CC4CC(CC(C4)C2)C3)cc1O. The second-order valence-electron chi connectivity index (χ2n) is 12.6. The Kier molecular flexibility index (Phi) is 3.22. The molecule has 1 heteroatoms. The van der Waals surface area contributed by atoms with E-state index in [2.05, 4.69) is 19.1 Å². The molecule has 28 heavy (non-hydrogen) atoms. The number of phenols is 1. The number of aromatic hydroxyl groups is 1. The first-order valence-corrected chi connectivity index (χ1v) is 12.3. The molecule has 0 unspecified atom stereocenters. The highest BCUT2D eigenvalue weighted by Gasteiger charge is 2.56. The molecule has 150 valence electrons. The molecule has 0 heterocycles. The Hall–Kier alpha value is -0.980. The third kappa shape index (κ3) is 2.20. The van der Waals surface area contributed by atoms with E-state index in [0.717, 1.165) is 41.1 Å². The highest BCUT2D eigenvalue weighted by molar-refractivity contribution is 5.50. The van der Waals surface area contributed by atoms with Crippen molar-refractivity contribution in [3.8, 4) is 5.75 Å². The molecule has 8 aliphatic rings. The van der Waals surface area contributed by atoms with Gasteiger partial charge in [0.25, 0.3) is 0 Å². The number of aryl methyl sites for hydroxylation is 1. The van der Waals surface area contributed by atoms with Gasteiger partial charge in [0.1, 0.15) is 5.75 Å². The van der Waals surface area contributed by atoms with Gasteiger partial charge in [0, 0.05) is 0 Å². The fraction of sp³-hybridized carbons (Fsp3) is 0.778. The van der Waals surface area contributed by atoms with Gasteiger partial charge in [0.15, 0.2) is 0 Å². The predicted molar refractivity (Wildman–Crippen MR) is 113 cm³/mol. The van der Waals surface area contributed by atoms with Gasteiger partial charge in [-0.1, -0.05) is 6.07 Å². The lowest BCUT2D eigenvalue weighted by Crippen LogP contribution is -2.52. The molecule has 8 bridgehead atoms. The Morgan fingerprint density at radius 2 is 0.929 bits per heavy atom. The van der Waals surface area contributed by atoms with Crippen molar-refractivity contribution < 1.29 is 5.11 Å². The number of rotatable bonds is 2. The molecule has 9 rings (SSSR count). The molecule has 8 fully saturated rings. The first kappa shape index (κ1) is 16.8. The average molecular weight is 377 g/mol. The average Bonchev–Trinajstić information content (AvgIpc) is 2.61. The van der Waals surface area contributed by atoms with Crippen molar-refractivity contribution in [1.29, 1.82) is 0 Å². The summed E-state index contributed by atoms with van der Waals surface area (Å²) in [4.78, 5) is 0. The van der Waals surface area contributed by atoms with Crippen LogP contribution in [-0.4, -0.2) is 5.11 Å². The zero-order chi connectivity index (χ0) is 18.7. The number of phenolic OH excluding ortho intramolecular Hbond substituents is 1. The Morgan fingerprint density at radius 1 is 0.607 bits per heavy atom. The van der Waals surface area contributed by atoms with Crippen LogP contribution in [0.1, 0.15) is 93.7 Å². The maximum Gasteiger partial charge on any atom is 0.118 e. The second-order valence-corrected chi connectivity index (χ2v) is 12.6. The number of benzene rings is 1.